The first-order valence-corrected chi connectivity index (χ1v) is 10.1. The zero-order valence-electron chi connectivity index (χ0n) is 15.5. The molecule has 3 saturated carbocycles. The lowest BCUT2D eigenvalue weighted by atomic mass is 9.60. The molecule has 1 nitrogen and oxygen atoms in total. The van der Waals surface area contributed by atoms with Gasteiger partial charge in [-0.15, -0.1) is 0 Å². The summed E-state index contributed by atoms with van der Waals surface area (Å²) in [6.07, 6.45) is 9.38. The van der Waals surface area contributed by atoms with Gasteiger partial charge in [-0.3, -0.25) is 0 Å². The van der Waals surface area contributed by atoms with Gasteiger partial charge in [0.2, 0.25) is 0 Å². The Kier molecular flexibility index (Phi) is 4.67. The highest BCUT2D eigenvalue weighted by Gasteiger charge is 2.53. The van der Waals surface area contributed by atoms with Gasteiger partial charge in [0.15, 0.2) is 0 Å². The van der Waals surface area contributed by atoms with Gasteiger partial charge in [-0.25, -0.2) is 0 Å². The summed E-state index contributed by atoms with van der Waals surface area (Å²) in [5, 5.41) is 10.9. The molecule has 0 spiro atoms. The van der Waals surface area contributed by atoms with Crippen LogP contribution in [0.2, 0.25) is 0 Å². The van der Waals surface area contributed by atoms with Gasteiger partial charge in [0.05, 0.1) is 6.10 Å². The average molecular weight is 307 g/mol. The van der Waals surface area contributed by atoms with Crippen molar-refractivity contribution in [3.05, 3.63) is 0 Å². The molecule has 0 saturated heterocycles. The molecule has 1 N–H and O–H groups in total. The molecule has 4 unspecified atom stereocenters. The Balaban J connectivity index is 1.91. The molecule has 128 valence electrons. The van der Waals surface area contributed by atoms with Crippen molar-refractivity contribution in [2.75, 3.05) is 0 Å². The van der Waals surface area contributed by atoms with Gasteiger partial charge < -0.3 is 5.11 Å². The molecule has 0 aliphatic heterocycles. The standard InChI is InChI=1S/C21H38O/c1-6-15-7-8-17-14(4)20(22)11-19-16(13(2)3)9-10-21(19,5)12-18(15)17/h13-20,22H,6-12H2,1-5H3/t14-,15+,16?,17?,18?,19?,20+,21-/m1/s1. The van der Waals surface area contributed by atoms with E-state index in [9.17, 15) is 5.11 Å². The van der Waals surface area contributed by atoms with Crippen LogP contribution in [0.3, 0.4) is 0 Å². The van der Waals surface area contributed by atoms with Gasteiger partial charge in [-0.1, -0.05) is 41.0 Å². The van der Waals surface area contributed by atoms with Crippen LogP contribution in [0.25, 0.3) is 0 Å². The molecule has 3 aliphatic carbocycles. The van der Waals surface area contributed by atoms with E-state index < -0.39 is 0 Å². The van der Waals surface area contributed by atoms with Crippen LogP contribution < -0.4 is 0 Å². The zero-order chi connectivity index (χ0) is 16.1. The molecule has 3 aliphatic rings. The smallest absolute Gasteiger partial charge is 0.0571 e. The summed E-state index contributed by atoms with van der Waals surface area (Å²) in [7, 11) is 0. The second-order valence-electron chi connectivity index (χ2n) is 9.65. The molecular weight excluding hydrogens is 268 g/mol. The first-order valence-electron chi connectivity index (χ1n) is 10.1. The molecule has 1 heteroatoms. The fraction of sp³-hybridized carbons (Fsp3) is 1.00. The molecule has 3 fully saturated rings. The normalized spacial score (nSPS) is 52.2. The van der Waals surface area contributed by atoms with Crippen LogP contribution in [0.4, 0.5) is 0 Å². The highest BCUT2D eigenvalue weighted by molar-refractivity contribution is 5.02. The number of hydrogen-bond acceptors (Lipinski definition) is 1. The maximum atomic E-state index is 10.9. The van der Waals surface area contributed by atoms with Crippen molar-refractivity contribution in [2.24, 2.45) is 46.8 Å². The highest BCUT2D eigenvalue weighted by atomic mass is 16.3. The molecule has 0 radical (unpaired) electrons. The maximum absolute atomic E-state index is 10.9. The van der Waals surface area contributed by atoms with Crippen LogP contribution in [0.5, 0.6) is 0 Å². The third-order valence-electron chi connectivity index (χ3n) is 8.35. The van der Waals surface area contributed by atoms with E-state index in [1.54, 1.807) is 0 Å². The molecule has 0 amide bonds. The minimum Gasteiger partial charge on any atom is -0.393 e. The third-order valence-corrected chi connectivity index (χ3v) is 8.35. The van der Waals surface area contributed by atoms with E-state index in [1.165, 1.54) is 38.5 Å². The van der Waals surface area contributed by atoms with Gasteiger partial charge in [0.1, 0.15) is 0 Å². The Bertz CT molecular complexity index is 389. The average Bonchev–Trinajstić information content (AvgIpc) is 2.99. The lowest BCUT2D eigenvalue weighted by Crippen LogP contribution is -2.41. The van der Waals surface area contributed by atoms with Crippen molar-refractivity contribution in [1.82, 2.24) is 0 Å². The maximum Gasteiger partial charge on any atom is 0.0571 e. The lowest BCUT2D eigenvalue weighted by Gasteiger charge is -2.46. The number of rotatable bonds is 2. The second kappa shape index (κ2) is 6.11. The van der Waals surface area contributed by atoms with Crippen LogP contribution >= 0.6 is 0 Å². The predicted octanol–water partition coefficient (Wildman–Crippen LogP) is 5.52. The Morgan fingerprint density at radius 3 is 2.50 bits per heavy atom. The van der Waals surface area contributed by atoms with Crippen molar-refractivity contribution in [3.63, 3.8) is 0 Å². The molecule has 0 aromatic rings. The quantitative estimate of drug-likeness (QED) is 0.712. The Morgan fingerprint density at radius 2 is 1.86 bits per heavy atom. The van der Waals surface area contributed by atoms with E-state index in [0.717, 1.165) is 41.9 Å². The summed E-state index contributed by atoms with van der Waals surface area (Å²) in [6.45, 7) is 12.1. The van der Waals surface area contributed by atoms with Crippen LogP contribution in [0.15, 0.2) is 0 Å². The lowest BCUT2D eigenvalue weighted by molar-refractivity contribution is -0.0248. The molecule has 22 heavy (non-hydrogen) atoms. The SMILES string of the molecule is CC[C@H]1CCC2C1C[C@@]1(C)CCC(C(C)C)C1C[C@H](O)[C@@H]2C. The largest absolute Gasteiger partial charge is 0.393 e. The number of aliphatic hydroxyl groups is 1. The van der Waals surface area contributed by atoms with Gasteiger partial charge in [-0.05, 0) is 85.4 Å². The Morgan fingerprint density at radius 1 is 1.14 bits per heavy atom. The van der Waals surface area contributed by atoms with E-state index in [1.807, 2.05) is 0 Å². The predicted molar refractivity (Wildman–Crippen MR) is 93.6 cm³/mol. The summed E-state index contributed by atoms with van der Waals surface area (Å²) < 4.78 is 0. The first-order chi connectivity index (χ1) is 10.4. The van der Waals surface area contributed by atoms with Gasteiger partial charge in [0, 0.05) is 0 Å². The molecule has 0 aromatic heterocycles. The topological polar surface area (TPSA) is 20.2 Å². The molecule has 0 aromatic carbocycles. The van der Waals surface area contributed by atoms with Crippen LogP contribution in [0.1, 0.15) is 79.6 Å². The van der Waals surface area contributed by atoms with Crippen molar-refractivity contribution in [3.8, 4) is 0 Å². The minimum absolute atomic E-state index is 0.0629. The van der Waals surface area contributed by atoms with Crippen LogP contribution in [-0.4, -0.2) is 11.2 Å². The Labute approximate surface area is 138 Å². The van der Waals surface area contributed by atoms with Crippen LogP contribution in [-0.2, 0) is 0 Å². The summed E-state index contributed by atoms with van der Waals surface area (Å²) in [6, 6.07) is 0. The van der Waals surface area contributed by atoms with Gasteiger partial charge >= 0.3 is 0 Å². The van der Waals surface area contributed by atoms with Gasteiger partial charge in [-0.2, -0.15) is 0 Å². The number of fused-ring (bicyclic) bond motifs is 2. The summed E-state index contributed by atoms with van der Waals surface area (Å²) >= 11 is 0. The molecular formula is C21H38O. The minimum atomic E-state index is -0.0629. The van der Waals surface area contributed by atoms with E-state index in [4.69, 9.17) is 0 Å². The highest BCUT2D eigenvalue weighted by Crippen LogP contribution is 2.60. The monoisotopic (exact) mass is 306 g/mol. The van der Waals surface area contributed by atoms with Crippen molar-refractivity contribution < 1.29 is 5.11 Å². The van der Waals surface area contributed by atoms with Crippen LogP contribution in [0, 0.1) is 46.8 Å². The van der Waals surface area contributed by atoms with Gasteiger partial charge in [0.25, 0.3) is 0 Å². The Hall–Kier alpha value is -0.0400. The van der Waals surface area contributed by atoms with Crippen molar-refractivity contribution in [1.29, 1.82) is 0 Å². The summed E-state index contributed by atoms with van der Waals surface area (Å²) in [5.74, 6) is 5.47. The van der Waals surface area contributed by atoms with Crippen molar-refractivity contribution >= 4 is 0 Å². The second-order valence-corrected chi connectivity index (χ2v) is 9.65. The fourth-order valence-electron chi connectivity index (χ4n) is 6.87. The molecule has 8 atom stereocenters. The van der Waals surface area contributed by atoms with E-state index in [-0.39, 0.29) is 6.10 Å². The number of hydrogen-bond donors (Lipinski definition) is 1. The zero-order valence-corrected chi connectivity index (χ0v) is 15.5. The fourth-order valence-corrected chi connectivity index (χ4v) is 6.87. The van der Waals surface area contributed by atoms with Crippen molar-refractivity contribution in [2.45, 2.75) is 85.7 Å². The van der Waals surface area contributed by atoms with E-state index in [2.05, 4.69) is 34.6 Å². The molecule has 0 bridgehead atoms. The van der Waals surface area contributed by atoms with E-state index in [0.29, 0.717) is 11.3 Å². The third kappa shape index (κ3) is 2.66. The number of aliphatic hydroxyl groups excluding tert-OH is 1. The molecule has 0 heterocycles. The molecule has 3 rings (SSSR count). The summed E-state index contributed by atoms with van der Waals surface area (Å²) in [4.78, 5) is 0. The van der Waals surface area contributed by atoms with E-state index >= 15 is 0 Å². The first kappa shape index (κ1) is 16.8. The summed E-state index contributed by atoms with van der Waals surface area (Å²) in [5.41, 5.74) is 0.497.